The van der Waals surface area contributed by atoms with E-state index in [0.717, 1.165) is 39.0 Å². The van der Waals surface area contributed by atoms with E-state index in [1.165, 1.54) is 0 Å². The molecule has 6 heteroatoms. The van der Waals surface area contributed by atoms with Crippen LogP contribution in [-0.2, 0) is 14.3 Å². The maximum Gasteiger partial charge on any atom is 0.246 e. The summed E-state index contributed by atoms with van der Waals surface area (Å²) < 4.78 is 5.58. The Morgan fingerprint density at radius 3 is 2.74 bits per heavy atom. The number of morpholine rings is 1. The van der Waals surface area contributed by atoms with Crippen molar-refractivity contribution in [2.45, 2.75) is 38.0 Å². The average Bonchev–Trinajstić information content (AvgIpc) is 2.81. The third-order valence-electron chi connectivity index (χ3n) is 4.50. The van der Waals surface area contributed by atoms with Gasteiger partial charge in [0.05, 0.1) is 12.1 Å². The quantitative estimate of drug-likeness (QED) is 0.675. The predicted molar refractivity (Wildman–Crippen MR) is 68.5 cm³/mol. The highest BCUT2D eigenvalue weighted by atomic mass is 16.5. The summed E-state index contributed by atoms with van der Waals surface area (Å²) in [5, 5.41) is 3.00. The number of piperidine rings is 1. The van der Waals surface area contributed by atoms with Crippen LogP contribution in [0.1, 0.15) is 19.8 Å². The molecule has 1 N–H and O–H groups in total. The molecule has 3 rings (SSSR count). The van der Waals surface area contributed by atoms with Gasteiger partial charge in [0.2, 0.25) is 11.8 Å². The van der Waals surface area contributed by atoms with Gasteiger partial charge >= 0.3 is 0 Å². The van der Waals surface area contributed by atoms with Crippen molar-refractivity contribution < 1.29 is 14.3 Å². The first-order valence-electron chi connectivity index (χ1n) is 7.04. The van der Waals surface area contributed by atoms with Crippen LogP contribution in [0.4, 0.5) is 0 Å². The third kappa shape index (κ3) is 2.60. The van der Waals surface area contributed by atoms with Crippen LogP contribution in [0.2, 0.25) is 0 Å². The smallest absolute Gasteiger partial charge is 0.246 e. The first-order valence-corrected chi connectivity index (χ1v) is 7.04. The fourth-order valence-corrected chi connectivity index (χ4v) is 3.39. The van der Waals surface area contributed by atoms with Gasteiger partial charge in [-0.1, -0.05) is 0 Å². The minimum absolute atomic E-state index is 0.00509. The Bertz CT molecular complexity index is 379. The lowest BCUT2D eigenvalue weighted by Gasteiger charge is -2.36. The van der Waals surface area contributed by atoms with Gasteiger partial charge in [-0.25, -0.2) is 0 Å². The normalized spacial score (nSPS) is 33.1. The first-order chi connectivity index (χ1) is 9.13. The van der Waals surface area contributed by atoms with E-state index in [1.54, 1.807) is 6.92 Å². The Morgan fingerprint density at radius 1 is 1.32 bits per heavy atom. The molecule has 3 heterocycles. The van der Waals surface area contributed by atoms with Crippen molar-refractivity contribution in [2.24, 2.45) is 0 Å². The Kier molecular flexibility index (Phi) is 3.45. The van der Waals surface area contributed by atoms with Gasteiger partial charge in [-0.2, -0.15) is 0 Å². The zero-order valence-corrected chi connectivity index (χ0v) is 11.3. The minimum Gasteiger partial charge on any atom is -0.365 e. The predicted octanol–water partition coefficient (Wildman–Crippen LogP) is -0.803. The molecule has 0 aromatic carbocycles. The van der Waals surface area contributed by atoms with Gasteiger partial charge in [-0.05, 0) is 12.8 Å². The van der Waals surface area contributed by atoms with Crippen LogP contribution < -0.4 is 5.32 Å². The number of ether oxygens (including phenoxy) is 1. The Balaban J connectivity index is 1.54. The molecular formula is C13H21N3O3. The Labute approximate surface area is 113 Å². The summed E-state index contributed by atoms with van der Waals surface area (Å²) in [6.45, 7) is 5.29. The van der Waals surface area contributed by atoms with Crippen LogP contribution in [0.25, 0.3) is 0 Å². The lowest BCUT2D eigenvalue weighted by atomic mass is 10.0. The van der Waals surface area contributed by atoms with E-state index in [0.29, 0.717) is 6.04 Å². The standard InChI is InChI=1S/C13H21N3O3/c1-9(17)15-4-2-10(3-5-15)16-6-11-12(7-16)19-8-13(18)14-11/h10-12H,2-8H2,1H3,(H,14,18)/t11-,12+/m1/s1. The molecule has 3 fully saturated rings. The molecule has 0 radical (unpaired) electrons. The summed E-state index contributed by atoms with van der Waals surface area (Å²) in [6, 6.07) is 0.661. The monoisotopic (exact) mass is 267 g/mol. The van der Waals surface area contributed by atoms with Gasteiger partial charge in [0.1, 0.15) is 6.61 Å². The van der Waals surface area contributed by atoms with E-state index in [1.807, 2.05) is 4.90 Å². The number of nitrogens with zero attached hydrogens (tertiary/aromatic N) is 2. The zero-order valence-electron chi connectivity index (χ0n) is 11.3. The number of carbonyl (C=O) groups excluding carboxylic acids is 2. The molecular weight excluding hydrogens is 246 g/mol. The lowest BCUT2D eigenvalue weighted by molar-refractivity contribution is -0.134. The molecule has 6 nitrogen and oxygen atoms in total. The average molecular weight is 267 g/mol. The summed E-state index contributed by atoms with van der Waals surface area (Å²) in [7, 11) is 0. The largest absolute Gasteiger partial charge is 0.365 e. The molecule has 3 aliphatic heterocycles. The number of fused-ring (bicyclic) bond motifs is 1. The fourth-order valence-electron chi connectivity index (χ4n) is 3.39. The van der Waals surface area contributed by atoms with Crippen molar-refractivity contribution in [1.29, 1.82) is 0 Å². The van der Waals surface area contributed by atoms with Crippen molar-refractivity contribution in [3.63, 3.8) is 0 Å². The number of nitrogens with one attached hydrogen (secondary N) is 1. The maximum absolute atomic E-state index is 11.3. The van der Waals surface area contributed by atoms with Gasteiger partial charge in [0.25, 0.3) is 0 Å². The number of hydrogen-bond acceptors (Lipinski definition) is 4. The number of hydrogen-bond donors (Lipinski definition) is 1. The molecule has 0 aromatic heterocycles. The number of carbonyl (C=O) groups is 2. The molecule has 3 aliphatic rings. The Morgan fingerprint density at radius 2 is 2.05 bits per heavy atom. The van der Waals surface area contributed by atoms with E-state index in [4.69, 9.17) is 4.74 Å². The van der Waals surface area contributed by atoms with Gasteiger partial charge in [-0.3, -0.25) is 14.5 Å². The van der Waals surface area contributed by atoms with Gasteiger partial charge in [0.15, 0.2) is 0 Å². The second-order valence-corrected chi connectivity index (χ2v) is 5.71. The van der Waals surface area contributed by atoms with Crippen molar-refractivity contribution >= 4 is 11.8 Å². The molecule has 0 spiro atoms. The molecule has 19 heavy (non-hydrogen) atoms. The van der Waals surface area contributed by atoms with Crippen molar-refractivity contribution in [3.8, 4) is 0 Å². The van der Waals surface area contributed by atoms with Crippen molar-refractivity contribution in [1.82, 2.24) is 15.1 Å². The zero-order chi connectivity index (χ0) is 13.4. The fraction of sp³-hybridized carbons (Fsp3) is 0.846. The van der Waals surface area contributed by atoms with Crippen LogP contribution in [-0.4, -0.2) is 72.6 Å². The van der Waals surface area contributed by atoms with Crippen LogP contribution in [0.15, 0.2) is 0 Å². The number of amides is 2. The summed E-state index contributed by atoms with van der Waals surface area (Å²) in [5.74, 6) is 0.165. The topological polar surface area (TPSA) is 61.9 Å². The molecule has 2 amide bonds. The van der Waals surface area contributed by atoms with E-state index in [9.17, 15) is 9.59 Å². The van der Waals surface area contributed by atoms with E-state index < -0.39 is 0 Å². The highest BCUT2D eigenvalue weighted by Crippen LogP contribution is 2.24. The number of rotatable bonds is 1. The second-order valence-electron chi connectivity index (χ2n) is 5.71. The van der Waals surface area contributed by atoms with E-state index in [-0.39, 0.29) is 30.6 Å². The number of likely N-dealkylation sites (tertiary alicyclic amines) is 2. The highest BCUT2D eigenvalue weighted by Gasteiger charge is 2.40. The molecule has 0 aromatic rings. The first kappa shape index (κ1) is 12.9. The summed E-state index contributed by atoms with van der Waals surface area (Å²) in [6.07, 6.45) is 2.18. The highest BCUT2D eigenvalue weighted by molar-refractivity contribution is 5.78. The van der Waals surface area contributed by atoms with Crippen LogP contribution in [0.5, 0.6) is 0 Å². The SMILES string of the molecule is CC(=O)N1CCC(N2C[C@@H]3OCC(=O)N[C@@H]3C2)CC1. The minimum atomic E-state index is -0.00509. The molecule has 0 aliphatic carbocycles. The molecule has 2 atom stereocenters. The van der Waals surface area contributed by atoms with E-state index in [2.05, 4.69) is 10.2 Å². The second kappa shape index (κ2) is 5.09. The van der Waals surface area contributed by atoms with Gasteiger partial charge in [-0.15, -0.1) is 0 Å². The van der Waals surface area contributed by atoms with Crippen LogP contribution in [0.3, 0.4) is 0 Å². The molecule has 106 valence electrons. The van der Waals surface area contributed by atoms with Crippen LogP contribution in [0, 0.1) is 0 Å². The maximum atomic E-state index is 11.3. The molecule has 3 saturated heterocycles. The third-order valence-corrected chi connectivity index (χ3v) is 4.50. The van der Waals surface area contributed by atoms with Gasteiger partial charge in [0, 0.05) is 39.1 Å². The summed E-state index contributed by atoms with van der Waals surface area (Å²) >= 11 is 0. The van der Waals surface area contributed by atoms with Crippen LogP contribution >= 0.6 is 0 Å². The van der Waals surface area contributed by atoms with Crippen molar-refractivity contribution in [3.05, 3.63) is 0 Å². The molecule has 0 saturated carbocycles. The summed E-state index contributed by atoms with van der Waals surface area (Å²) in [4.78, 5) is 27.0. The summed E-state index contributed by atoms with van der Waals surface area (Å²) in [5.41, 5.74) is 0. The molecule has 0 bridgehead atoms. The van der Waals surface area contributed by atoms with Gasteiger partial charge < -0.3 is 15.0 Å². The van der Waals surface area contributed by atoms with E-state index >= 15 is 0 Å². The lowest BCUT2D eigenvalue weighted by Crippen LogP contribution is -2.51. The van der Waals surface area contributed by atoms with Crippen molar-refractivity contribution in [2.75, 3.05) is 32.8 Å². The Hall–Kier alpha value is -1.14. The molecule has 0 unspecified atom stereocenters.